The van der Waals surface area contributed by atoms with E-state index in [0.717, 1.165) is 19.4 Å². The molecule has 0 amide bonds. The summed E-state index contributed by atoms with van der Waals surface area (Å²) in [6, 6.07) is 0. The van der Waals surface area contributed by atoms with Crippen molar-refractivity contribution >= 4 is 0 Å². The Morgan fingerprint density at radius 2 is 2.22 bits per heavy atom. The minimum Gasteiger partial charge on any atom is -0.374 e. The Balaban J connectivity index is 2.28. The van der Waals surface area contributed by atoms with Crippen molar-refractivity contribution in [3.63, 3.8) is 0 Å². The summed E-state index contributed by atoms with van der Waals surface area (Å²) in [7, 11) is 0. The van der Waals surface area contributed by atoms with Crippen LogP contribution in [0.1, 0.15) is 26.2 Å². The smallest absolute Gasteiger partial charge is 0.0804 e. The number of nitrogens with two attached hydrogens (primary N) is 1. The molecule has 0 unspecified atom stereocenters. The molecule has 1 aliphatic rings. The van der Waals surface area contributed by atoms with E-state index in [9.17, 15) is 0 Å². The molecule has 1 saturated carbocycles. The fourth-order valence-electron chi connectivity index (χ4n) is 1.28. The van der Waals surface area contributed by atoms with Gasteiger partial charge in [0.2, 0.25) is 0 Å². The summed E-state index contributed by atoms with van der Waals surface area (Å²) >= 11 is 0. The summed E-state index contributed by atoms with van der Waals surface area (Å²) in [5.74, 6) is 0. The molecule has 0 atom stereocenters. The molecule has 0 radical (unpaired) electrons. The third-order valence-electron chi connectivity index (χ3n) is 2.09. The van der Waals surface area contributed by atoms with Gasteiger partial charge in [0.05, 0.1) is 5.60 Å². The van der Waals surface area contributed by atoms with E-state index in [1.54, 1.807) is 0 Å². The fourth-order valence-corrected chi connectivity index (χ4v) is 1.28. The summed E-state index contributed by atoms with van der Waals surface area (Å²) in [6.07, 6.45) is 3.62. The van der Waals surface area contributed by atoms with Crippen molar-refractivity contribution < 1.29 is 4.74 Å². The number of hydrogen-bond donors (Lipinski definition) is 1. The second-order valence-corrected chi connectivity index (χ2v) is 2.67. The van der Waals surface area contributed by atoms with E-state index in [1.807, 2.05) is 6.92 Å². The van der Waals surface area contributed by atoms with Crippen molar-refractivity contribution in [1.82, 2.24) is 0 Å². The highest BCUT2D eigenvalue weighted by molar-refractivity contribution is 4.90. The lowest BCUT2D eigenvalue weighted by Crippen LogP contribution is -2.46. The molecule has 0 aliphatic heterocycles. The quantitative estimate of drug-likeness (QED) is 0.614. The summed E-state index contributed by atoms with van der Waals surface area (Å²) in [6.45, 7) is 3.52. The van der Waals surface area contributed by atoms with Gasteiger partial charge in [0, 0.05) is 13.2 Å². The van der Waals surface area contributed by atoms with Gasteiger partial charge in [-0.05, 0) is 26.2 Å². The lowest BCUT2D eigenvalue weighted by molar-refractivity contribution is -0.0868. The lowest BCUT2D eigenvalue weighted by Gasteiger charge is -2.40. The molecule has 2 N–H and O–H groups in total. The van der Waals surface area contributed by atoms with Gasteiger partial charge in [-0.15, -0.1) is 0 Å². The van der Waals surface area contributed by atoms with Crippen molar-refractivity contribution in [2.24, 2.45) is 5.73 Å². The van der Waals surface area contributed by atoms with Gasteiger partial charge in [-0.1, -0.05) is 0 Å². The van der Waals surface area contributed by atoms with Crippen molar-refractivity contribution in [2.75, 3.05) is 13.2 Å². The van der Waals surface area contributed by atoms with E-state index in [2.05, 4.69) is 0 Å². The summed E-state index contributed by atoms with van der Waals surface area (Å²) < 4.78 is 5.49. The van der Waals surface area contributed by atoms with Gasteiger partial charge < -0.3 is 10.5 Å². The van der Waals surface area contributed by atoms with Crippen LogP contribution in [-0.4, -0.2) is 18.8 Å². The minimum absolute atomic E-state index is 0.0920. The van der Waals surface area contributed by atoms with Crippen LogP contribution >= 0.6 is 0 Å². The first-order valence-corrected chi connectivity index (χ1v) is 3.67. The molecule has 0 aromatic carbocycles. The highest BCUT2D eigenvalue weighted by atomic mass is 16.5. The predicted molar refractivity (Wildman–Crippen MR) is 37.3 cm³/mol. The molecule has 1 rings (SSSR count). The van der Waals surface area contributed by atoms with E-state index in [0.29, 0.717) is 6.54 Å². The SMILES string of the molecule is CCOC1(CN)CCC1. The van der Waals surface area contributed by atoms with Crippen molar-refractivity contribution in [3.8, 4) is 0 Å². The Morgan fingerprint density at radius 1 is 1.56 bits per heavy atom. The maximum Gasteiger partial charge on any atom is 0.0804 e. The van der Waals surface area contributed by atoms with E-state index in [1.165, 1.54) is 6.42 Å². The fraction of sp³-hybridized carbons (Fsp3) is 1.00. The maximum absolute atomic E-state index is 5.53. The molecule has 0 aromatic heterocycles. The normalized spacial score (nSPS) is 23.3. The van der Waals surface area contributed by atoms with Crippen LogP contribution < -0.4 is 5.73 Å². The molecule has 2 heteroatoms. The second-order valence-electron chi connectivity index (χ2n) is 2.67. The summed E-state index contributed by atoms with van der Waals surface area (Å²) in [5.41, 5.74) is 5.62. The van der Waals surface area contributed by atoms with Crippen molar-refractivity contribution in [2.45, 2.75) is 31.8 Å². The topological polar surface area (TPSA) is 35.2 Å². The molecule has 54 valence electrons. The molecule has 0 bridgehead atoms. The molecule has 1 fully saturated rings. The average Bonchev–Trinajstić information content (AvgIpc) is 1.79. The lowest BCUT2D eigenvalue weighted by atomic mass is 9.80. The Hall–Kier alpha value is -0.0800. The second kappa shape index (κ2) is 2.67. The van der Waals surface area contributed by atoms with Crippen LogP contribution in [0.3, 0.4) is 0 Å². The standard InChI is InChI=1S/C7H15NO/c1-2-9-7(6-8)4-3-5-7/h2-6,8H2,1H3. The highest BCUT2D eigenvalue weighted by Crippen LogP contribution is 2.34. The Kier molecular flexibility index (Phi) is 2.09. The van der Waals surface area contributed by atoms with Crippen molar-refractivity contribution in [1.29, 1.82) is 0 Å². The molecular formula is C7H15NO. The molecule has 0 spiro atoms. The highest BCUT2D eigenvalue weighted by Gasteiger charge is 2.35. The Bertz CT molecular complexity index is 83.4. The molecule has 0 aromatic rings. The Labute approximate surface area is 56.4 Å². The summed E-state index contributed by atoms with van der Waals surface area (Å²) in [4.78, 5) is 0. The van der Waals surface area contributed by atoms with Crippen LogP contribution in [0.2, 0.25) is 0 Å². The number of ether oxygens (including phenoxy) is 1. The van der Waals surface area contributed by atoms with Gasteiger partial charge >= 0.3 is 0 Å². The van der Waals surface area contributed by atoms with Gasteiger partial charge in [0.25, 0.3) is 0 Å². The van der Waals surface area contributed by atoms with E-state index in [4.69, 9.17) is 10.5 Å². The van der Waals surface area contributed by atoms with E-state index >= 15 is 0 Å². The van der Waals surface area contributed by atoms with Crippen LogP contribution in [0.25, 0.3) is 0 Å². The predicted octanol–water partition coefficient (Wildman–Crippen LogP) is 0.904. The first kappa shape index (κ1) is 7.03. The third-order valence-corrected chi connectivity index (χ3v) is 2.09. The molecule has 1 aliphatic carbocycles. The van der Waals surface area contributed by atoms with Crippen molar-refractivity contribution in [3.05, 3.63) is 0 Å². The Morgan fingerprint density at radius 3 is 2.33 bits per heavy atom. The number of hydrogen-bond acceptors (Lipinski definition) is 2. The zero-order valence-electron chi connectivity index (χ0n) is 6.02. The minimum atomic E-state index is 0.0920. The van der Waals surface area contributed by atoms with Gasteiger partial charge in [-0.3, -0.25) is 0 Å². The average molecular weight is 129 g/mol. The van der Waals surface area contributed by atoms with Crippen LogP contribution in [0.15, 0.2) is 0 Å². The first-order chi connectivity index (χ1) is 4.33. The molecule has 2 nitrogen and oxygen atoms in total. The van der Waals surface area contributed by atoms with Gasteiger partial charge in [0.15, 0.2) is 0 Å². The van der Waals surface area contributed by atoms with Gasteiger partial charge in [0.1, 0.15) is 0 Å². The monoisotopic (exact) mass is 129 g/mol. The van der Waals surface area contributed by atoms with Gasteiger partial charge in [-0.2, -0.15) is 0 Å². The zero-order valence-corrected chi connectivity index (χ0v) is 6.02. The molecule has 9 heavy (non-hydrogen) atoms. The third kappa shape index (κ3) is 1.25. The number of rotatable bonds is 3. The van der Waals surface area contributed by atoms with Gasteiger partial charge in [-0.25, -0.2) is 0 Å². The van der Waals surface area contributed by atoms with Crippen LogP contribution in [0.4, 0.5) is 0 Å². The van der Waals surface area contributed by atoms with E-state index in [-0.39, 0.29) is 5.60 Å². The molecule has 0 heterocycles. The molecule has 0 saturated heterocycles. The van der Waals surface area contributed by atoms with Crippen LogP contribution in [0, 0.1) is 0 Å². The van der Waals surface area contributed by atoms with Crippen LogP contribution in [-0.2, 0) is 4.74 Å². The zero-order chi connectivity index (χ0) is 6.74. The summed E-state index contributed by atoms with van der Waals surface area (Å²) in [5, 5.41) is 0. The van der Waals surface area contributed by atoms with E-state index < -0.39 is 0 Å². The maximum atomic E-state index is 5.53. The largest absolute Gasteiger partial charge is 0.374 e. The molecular weight excluding hydrogens is 114 g/mol. The van der Waals surface area contributed by atoms with Crippen LogP contribution in [0.5, 0.6) is 0 Å². The first-order valence-electron chi connectivity index (χ1n) is 3.67.